The smallest absolute Gasteiger partial charge is 0.251 e. The molecule has 16 heavy (non-hydrogen) atoms. The molecular formula is C11H16N4O. The van der Waals surface area contributed by atoms with E-state index < -0.39 is 0 Å². The van der Waals surface area contributed by atoms with Gasteiger partial charge in [0.15, 0.2) is 0 Å². The van der Waals surface area contributed by atoms with E-state index in [1.165, 1.54) is 6.20 Å². The Bertz CT molecular complexity index is 395. The van der Waals surface area contributed by atoms with Crippen LogP contribution in [0.25, 0.3) is 0 Å². The van der Waals surface area contributed by atoms with Gasteiger partial charge in [0.1, 0.15) is 18.2 Å². The Morgan fingerprint density at radius 2 is 2.19 bits per heavy atom. The van der Waals surface area contributed by atoms with E-state index in [2.05, 4.69) is 28.9 Å². The van der Waals surface area contributed by atoms with Crippen molar-refractivity contribution in [3.8, 4) is 11.9 Å². The average Bonchev–Trinajstić information content (AvgIpc) is 2.26. The van der Waals surface area contributed by atoms with E-state index >= 15 is 0 Å². The Morgan fingerprint density at radius 3 is 2.75 bits per heavy atom. The summed E-state index contributed by atoms with van der Waals surface area (Å²) in [6, 6.07) is 3.61. The highest BCUT2D eigenvalue weighted by Crippen LogP contribution is 2.16. The summed E-state index contributed by atoms with van der Waals surface area (Å²) in [5, 5.41) is 16.3. The van der Waals surface area contributed by atoms with Gasteiger partial charge in [0.25, 0.3) is 5.88 Å². The predicted molar refractivity (Wildman–Crippen MR) is 60.0 cm³/mol. The van der Waals surface area contributed by atoms with Gasteiger partial charge in [0.2, 0.25) is 0 Å². The Morgan fingerprint density at radius 1 is 1.50 bits per heavy atom. The van der Waals surface area contributed by atoms with Crippen molar-refractivity contribution < 1.29 is 4.74 Å². The van der Waals surface area contributed by atoms with Crippen LogP contribution in [-0.2, 0) is 0 Å². The van der Waals surface area contributed by atoms with Gasteiger partial charge >= 0.3 is 0 Å². The van der Waals surface area contributed by atoms with Gasteiger partial charge < -0.3 is 9.64 Å². The molecule has 0 bridgehead atoms. The molecule has 86 valence electrons. The standard InChI is InChI=1S/C11H16N4O/c1-11(2,15(3)4)8-16-10-9(7-12)5-6-13-14-10/h5-6H,8H2,1-4H3. The van der Waals surface area contributed by atoms with Gasteiger partial charge in [-0.1, -0.05) is 0 Å². The van der Waals surface area contributed by atoms with Crippen molar-refractivity contribution in [2.75, 3.05) is 20.7 Å². The van der Waals surface area contributed by atoms with Gasteiger partial charge in [-0.3, -0.25) is 0 Å². The molecule has 0 radical (unpaired) electrons. The van der Waals surface area contributed by atoms with E-state index in [4.69, 9.17) is 10.00 Å². The second-order valence-corrected chi connectivity index (χ2v) is 4.36. The number of nitriles is 1. The summed E-state index contributed by atoms with van der Waals surface area (Å²) in [6.07, 6.45) is 1.47. The fraction of sp³-hybridized carbons (Fsp3) is 0.545. The summed E-state index contributed by atoms with van der Waals surface area (Å²) in [4.78, 5) is 2.05. The molecule has 0 fully saturated rings. The highest BCUT2D eigenvalue weighted by Gasteiger charge is 2.22. The van der Waals surface area contributed by atoms with Crippen LogP contribution in [0.1, 0.15) is 19.4 Å². The van der Waals surface area contributed by atoms with Gasteiger partial charge in [-0.15, -0.1) is 5.10 Å². The van der Waals surface area contributed by atoms with Crippen LogP contribution in [0.3, 0.4) is 0 Å². The molecule has 0 amide bonds. The second kappa shape index (κ2) is 4.90. The number of ether oxygens (including phenoxy) is 1. The summed E-state index contributed by atoms with van der Waals surface area (Å²) < 4.78 is 5.52. The number of rotatable bonds is 4. The fourth-order valence-electron chi connectivity index (χ4n) is 0.885. The predicted octanol–water partition coefficient (Wildman–Crippen LogP) is 1.07. The Kier molecular flexibility index (Phi) is 3.80. The number of nitrogens with zero attached hydrogens (tertiary/aromatic N) is 4. The van der Waals surface area contributed by atoms with Crippen LogP contribution >= 0.6 is 0 Å². The summed E-state index contributed by atoms with van der Waals surface area (Å²) in [6.45, 7) is 4.55. The first-order chi connectivity index (χ1) is 7.47. The topological polar surface area (TPSA) is 62.0 Å². The minimum Gasteiger partial charge on any atom is -0.474 e. The molecule has 0 spiro atoms. The molecule has 0 unspecified atom stereocenters. The third-order valence-electron chi connectivity index (χ3n) is 2.58. The van der Waals surface area contributed by atoms with Crippen molar-refractivity contribution in [3.05, 3.63) is 17.8 Å². The number of aromatic nitrogens is 2. The van der Waals surface area contributed by atoms with E-state index in [-0.39, 0.29) is 5.54 Å². The molecule has 0 aliphatic heterocycles. The molecule has 0 atom stereocenters. The molecule has 5 nitrogen and oxygen atoms in total. The van der Waals surface area contributed by atoms with E-state index in [1.54, 1.807) is 6.07 Å². The molecule has 0 saturated heterocycles. The monoisotopic (exact) mass is 220 g/mol. The summed E-state index contributed by atoms with van der Waals surface area (Å²) in [7, 11) is 3.95. The zero-order valence-electron chi connectivity index (χ0n) is 10.1. The lowest BCUT2D eigenvalue weighted by atomic mass is 10.1. The maximum atomic E-state index is 8.85. The second-order valence-electron chi connectivity index (χ2n) is 4.36. The van der Waals surface area contributed by atoms with Gasteiger partial charge in [0.05, 0.1) is 6.20 Å². The maximum absolute atomic E-state index is 8.85. The van der Waals surface area contributed by atoms with Crippen LogP contribution in [0.4, 0.5) is 0 Å². The first-order valence-corrected chi connectivity index (χ1v) is 4.99. The van der Waals surface area contributed by atoms with E-state index in [0.717, 1.165) is 0 Å². The van der Waals surface area contributed by atoms with Crippen molar-refractivity contribution in [2.24, 2.45) is 0 Å². The number of hydrogen-bond acceptors (Lipinski definition) is 5. The zero-order chi connectivity index (χ0) is 12.2. The number of hydrogen-bond donors (Lipinski definition) is 0. The van der Waals surface area contributed by atoms with Crippen LogP contribution < -0.4 is 4.74 Å². The number of likely N-dealkylation sites (N-methyl/N-ethyl adjacent to an activating group) is 1. The van der Waals surface area contributed by atoms with Crippen molar-refractivity contribution in [2.45, 2.75) is 19.4 Å². The van der Waals surface area contributed by atoms with E-state index in [0.29, 0.717) is 18.1 Å². The van der Waals surface area contributed by atoms with Crippen molar-refractivity contribution in [1.82, 2.24) is 15.1 Å². The van der Waals surface area contributed by atoms with Gasteiger partial charge in [-0.2, -0.15) is 10.4 Å². The van der Waals surface area contributed by atoms with Crippen molar-refractivity contribution in [3.63, 3.8) is 0 Å². The normalized spacial score (nSPS) is 11.2. The minimum absolute atomic E-state index is 0.121. The van der Waals surface area contributed by atoms with Crippen molar-refractivity contribution >= 4 is 0 Å². The van der Waals surface area contributed by atoms with Crippen LogP contribution in [0, 0.1) is 11.3 Å². The Hall–Kier alpha value is -1.67. The SMILES string of the molecule is CN(C)C(C)(C)COc1nnccc1C#N. The van der Waals surface area contributed by atoms with Gasteiger partial charge in [-0.25, -0.2) is 0 Å². The highest BCUT2D eigenvalue weighted by molar-refractivity contribution is 5.35. The quantitative estimate of drug-likeness (QED) is 0.759. The summed E-state index contributed by atoms with van der Waals surface area (Å²) in [5.74, 6) is 0.292. The first kappa shape index (κ1) is 12.4. The Labute approximate surface area is 95.7 Å². The lowest BCUT2D eigenvalue weighted by Crippen LogP contribution is -2.43. The Balaban J connectivity index is 2.72. The van der Waals surface area contributed by atoms with Crippen LogP contribution in [0.5, 0.6) is 5.88 Å². The summed E-state index contributed by atoms with van der Waals surface area (Å²) in [5.41, 5.74) is 0.286. The molecule has 0 aliphatic carbocycles. The third-order valence-corrected chi connectivity index (χ3v) is 2.58. The molecule has 0 saturated carbocycles. The molecule has 5 heteroatoms. The molecule has 1 aromatic rings. The van der Waals surface area contributed by atoms with Gasteiger partial charge in [-0.05, 0) is 34.0 Å². The van der Waals surface area contributed by atoms with Crippen LogP contribution in [0.2, 0.25) is 0 Å². The lowest BCUT2D eigenvalue weighted by Gasteiger charge is -2.31. The fourth-order valence-corrected chi connectivity index (χ4v) is 0.885. The lowest BCUT2D eigenvalue weighted by molar-refractivity contribution is 0.110. The summed E-state index contributed by atoms with van der Waals surface area (Å²) >= 11 is 0. The van der Waals surface area contributed by atoms with Crippen LogP contribution in [0.15, 0.2) is 12.3 Å². The van der Waals surface area contributed by atoms with E-state index in [1.807, 2.05) is 20.2 Å². The van der Waals surface area contributed by atoms with E-state index in [9.17, 15) is 0 Å². The zero-order valence-corrected chi connectivity index (χ0v) is 10.1. The van der Waals surface area contributed by atoms with Crippen molar-refractivity contribution in [1.29, 1.82) is 5.26 Å². The molecular weight excluding hydrogens is 204 g/mol. The molecule has 0 aromatic carbocycles. The highest BCUT2D eigenvalue weighted by atomic mass is 16.5. The third kappa shape index (κ3) is 2.91. The first-order valence-electron chi connectivity index (χ1n) is 4.99. The molecule has 0 N–H and O–H groups in total. The van der Waals surface area contributed by atoms with Gasteiger partial charge in [0, 0.05) is 5.54 Å². The molecule has 1 heterocycles. The van der Waals surface area contributed by atoms with Crippen LogP contribution in [-0.4, -0.2) is 41.3 Å². The molecule has 1 aromatic heterocycles. The molecule has 0 aliphatic rings. The minimum atomic E-state index is -0.121. The average molecular weight is 220 g/mol. The largest absolute Gasteiger partial charge is 0.474 e. The maximum Gasteiger partial charge on any atom is 0.251 e. The molecule has 1 rings (SSSR count).